The van der Waals surface area contributed by atoms with E-state index in [1.807, 2.05) is 22.9 Å². The predicted octanol–water partition coefficient (Wildman–Crippen LogP) is 4.67. The van der Waals surface area contributed by atoms with Crippen molar-refractivity contribution in [2.45, 2.75) is 69.6 Å². The number of ether oxygens (including phenoxy) is 1. The lowest BCUT2D eigenvalue weighted by Gasteiger charge is -2.40. The van der Waals surface area contributed by atoms with Crippen molar-refractivity contribution < 1.29 is 14.3 Å². The number of rotatable bonds is 7. The summed E-state index contributed by atoms with van der Waals surface area (Å²) in [6, 6.07) is 10.5. The molecule has 32 heavy (non-hydrogen) atoms. The number of allylic oxidation sites excluding steroid dienone is 2. The van der Waals surface area contributed by atoms with Crippen molar-refractivity contribution >= 4 is 11.8 Å². The van der Waals surface area contributed by atoms with E-state index in [0.29, 0.717) is 31.7 Å². The van der Waals surface area contributed by atoms with Crippen LogP contribution in [0.2, 0.25) is 0 Å². The highest BCUT2D eigenvalue weighted by molar-refractivity contribution is 5.80. The van der Waals surface area contributed by atoms with E-state index in [-0.39, 0.29) is 17.2 Å². The standard InChI is InChI=1S/C27H38N2O3/c1-28(21-27(16-19-32-20-17-27)23-11-3-2-4-12-23)25(30)14-7-15-26(31)29-18-8-10-22-9-5-6-13-24(22)29/h2-4,11-13,22H,5-10,14-21H2,1H3. The van der Waals surface area contributed by atoms with Crippen molar-refractivity contribution in [2.75, 3.05) is 33.4 Å². The third-order valence-corrected chi connectivity index (χ3v) is 7.66. The van der Waals surface area contributed by atoms with Crippen LogP contribution in [0.3, 0.4) is 0 Å². The first-order valence-electron chi connectivity index (χ1n) is 12.5. The molecule has 0 saturated carbocycles. The Morgan fingerprint density at radius 3 is 2.62 bits per heavy atom. The smallest absolute Gasteiger partial charge is 0.226 e. The normalized spacial score (nSPS) is 22.6. The number of piperidine rings is 1. The largest absolute Gasteiger partial charge is 0.381 e. The van der Waals surface area contributed by atoms with Crippen LogP contribution in [-0.2, 0) is 19.7 Å². The van der Waals surface area contributed by atoms with E-state index in [2.05, 4.69) is 30.3 Å². The number of hydrogen-bond donors (Lipinski definition) is 0. The Balaban J connectivity index is 1.30. The summed E-state index contributed by atoms with van der Waals surface area (Å²) in [6.07, 6.45) is 11.5. The van der Waals surface area contributed by atoms with Gasteiger partial charge in [0.15, 0.2) is 0 Å². The molecule has 0 aromatic heterocycles. The van der Waals surface area contributed by atoms with Crippen LogP contribution < -0.4 is 0 Å². The van der Waals surface area contributed by atoms with Crippen molar-refractivity contribution in [3.63, 3.8) is 0 Å². The van der Waals surface area contributed by atoms with Gasteiger partial charge in [0, 0.05) is 57.3 Å². The van der Waals surface area contributed by atoms with Gasteiger partial charge in [0.2, 0.25) is 11.8 Å². The molecule has 1 aromatic rings. The molecule has 1 atom stereocenters. The van der Waals surface area contributed by atoms with Crippen molar-refractivity contribution in [2.24, 2.45) is 5.92 Å². The van der Waals surface area contributed by atoms with Gasteiger partial charge in [-0.25, -0.2) is 0 Å². The van der Waals surface area contributed by atoms with Crippen LogP contribution in [0.25, 0.3) is 0 Å². The van der Waals surface area contributed by atoms with E-state index in [4.69, 9.17) is 4.74 Å². The molecule has 5 heteroatoms. The van der Waals surface area contributed by atoms with Gasteiger partial charge in [-0.2, -0.15) is 0 Å². The van der Waals surface area contributed by atoms with Crippen LogP contribution in [0.1, 0.15) is 69.8 Å². The van der Waals surface area contributed by atoms with E-state index in [1.54, 1.807) is 0 Å². The lowest BCUT2D eigenvalue weighted by Crippen LogP contribution is -2.45. The molecule has 0 bridgehead atoms. The Kier molecular flexibility index (Phi) is 7.67. The van der Waals surface area contributed by atoms with Gasteiger partial charge in [-0.1, -0.05) is 36.4 Å². The molecule has 2 amide bonds. The van der Waals surface area contributed by atoms with Crippen molar-refractivity contribution in [3.05, 3.63) is 47.7 Å². The SMILES string of the molecule is CN(CC1(c2ccccc2)CCOCC1)C(=O)CCCC(=O)N1CCCC2CCCC=C21. The first-order chi connectivity index (χ1) is 15.6. The van der Waals surface area contributed by atoms with Crippen LogP contribution in [0.4, 0.5) is 0 Å². The van der Waals surface area contributed by atoms with E-state index >= 15 is 0 Å². The number of fused-ring (bicyclic) bond motifs is 1. The van der Waals surface area contributed by atoms with Gasteiger partial charge < -0.3 is 14.5 Å². The Bertz CT molecular complexity index is 813. The highest BCUT2D eigenvalue weighted by Gasteiger charge is 2.36. The van der Waals surface area contributed by atoms with E-state index in [0.717, 1.165) is 45.4 Å². The maximum absolute atomic E-state index is 12.9. The third-order valence-electron chi connectivity index (χ3n) is 7.66. The summed E-state index contributed by atoms with van der Waals surface area (Å²) in [5.41, 5.74) is 2.51. The zero-order valence-electron chi connectivity index (χ0n) is 19.6. The van der Waals surface area contributed by atoms with E-state index < -0.39 is 0 Å². The molecule has 0 N–H and O–H groups in total. The van der Waals surface area contributed by atoms with Gasteiger partial charge in [-0.15, -0.1) is 0 Å². The van der Waals surface area contributed by atoms with Crippen LogP contribution >= 0.6 is 0 Å². The molecule has 5 nitrogen and oxygen atoms in total. The maximum atomic E-state index is 12.9. The highest BCUT2D eigenvalue weighted by atomic mass is 16.5. The lowest BCUT2D eigenvalue weighted by molar-refractivity contribution is -0.132. The summed E-state index contributed by atoms with van der Waals surface area (Å²) in [4.78, 5) is 29.7. The average molecular weight is 439 g/mol. The number of benzene rings is 1. The van der Waals surface area contributed by atoms with Crippen LogP contribution in [0.15, 0.2) is 42.1 Å². The molecule has 0 radical (unpaired) electrons. The second-order valence-electron chi connectivity index (χ2n) is 9.81. The lowest BCUT2D eigenvalue weighted by atomic mass is 9.73. The zero-order valence-corrected chi connectivity index (χ0v) is 19.6. The molecule has 1 unspecified atom stereocenters. The molecule has 2 fully saturated rings. The minimum Gasteiger partial charge on any atom is -0.381 e. The fraction of sp³-hybridized carbons (Fsp3) is 0.630. The van der Waals surface area contributed by atoms with Crippen LogP contribution in [-0.4, -0.2) is 55.0 Å². The summed E-state index contributed by atoms with van der Waals surface area (Å²) in [5.74, 6) is 0.902. The van der Waals surface area contributed by atoms with Crippen LogP contribution in [0.5, 0.6) is 0 Å². The van der Waals surface area contributed by atoms with Gasteiger partial charge in [0.1, 0.15) is 0 Å². The molecule has 0 spiro atoms. The molecule has 2 saturated heterocycles. The van der Waals surface area contributed by atoms with Crippen molar-refractivity contribution in [1.82, 2.24) is 9.80 Å². The first-order valence-corrected chi connectivity index (χ1v) is 12.5. The Labute approximate surface area is 192 Å². The number of likely N-dealkylation sites (tertiary alicyclic amines) is 1. The number of nitrogens with zero attached hydrogens (tertiary/aromatic N) is 2. The second kappa shape index (κ2) is 10.7. The van der Waals surface area contributed by atoms with Crippen molar-refractivity contribution in [3.8, 4) is 0 Å². The molecule has 3 aliphatic rings. The summed E-state index contributed by atoms with van der Waals surface area (Å²) in [6.45, 7) is 3.01. The Morgan fingerprint density at radius 1 is 1.09 bits per heavy atom. The Morgan fingerprint density at radius 2 is 1.84 bits per heavy atom. The number of carbonyl (C=O) groups excluding carboxylic acids is 2. The first kappa shape index (κ1) is 23.0. The Hall–Kier alpha value is -2.14. The fourth-order valence-electron chi connectivity index (χ4n) is 5.80. The van der Waals surface area contributed by atoms with E-state index in [9.17, 15) is 9.59 Å². The molecule has 2 heterocycles. The summed E-state index contributed by atoms with van der Waals surface area (Å²) in [5, 5.41) is 0. The number of amides is 2. The average Bonchev–Trinajstić information content (AvgIpc) is 2.84. The highest BCUT2D eigenvalue weighted by Crippen LogP contribution is 2.36. The number of hydrogen-bond acceptors (Lipinski definition) is 3. The fourth-order valence-corrected chi connectivity index (χ4v) is 5.80. The maximum Gasteiger partial charge on any atom is 0.226 e. The predicted molar refractivity (Wildman–Crippen MR) is 126 cm³/mol. The van der Waals surface area contributed by atoms with Gasteiger partial charge in [-0.05, 0) is 62.8 Å². The van der Waals surface area contributed by atoms with Crippen LogP contribution in [0, 0.1) is 5.92 Å². The van der Waals surface area contributed by atoms with Gasteiger partial charge in [0.25, 0.3) is 0 Å². The van der Waals surface area contributed by atoms with Gasteiger partial charge in [0.05, 0.1) is 0 Å². The summed E-state index contributed by atoms with van der Waals surface area (Å²) < 4.78 is 5.62. The molecule has 4 rings (SSSR count). The molecular weight excluding hydrogens is 400 g/mol. The summed E-state index contributed by atoms with van der Waals surface area (Å²) in [7, 11) is 1.91. The quantitative estimate of drug-likeness (QED) is 0.622. The third kappa shape index (κ3) is 5.25. The topological polar surface area (TPSA) is 49.9 Å². The van der Waals surface area contributed by atoms with E-state index in [1.165, 1.54) is 30.5 Å². The molecule has 2 aliphatic heterocycles. The molecular formula is C27H38N2O3. The number of carbonyl (C=O) groups is 2. The van der Waals surface area contributed by atoms with Gasteiger partial charge in [-0.3, -0.25) is 9.59 Å². The summed E-state index contributed by atoms with van der Waals surface area (Å²) >= 11 is 0. The minimum atomic E-state index is -0.0456. The van der Waals surface area contributed by atoms with Crippen molar-refractivity contribution in [1.29, 1.82) is 0 Å². The number of likely N-dealkylation sites (N-methyl/N-ethyl adjacent to an activating group) is 1. The molecule has 174 valence electrons. The van der Waals surface area contributed by atoms with Gasteiger partial charge >= 0.3 is 0 Å². The second-order valence-corrected chi connectivity index (χ2v) is 9.81. The monoisotopic (exact) mass is 438 g/mol. The molecule has 1 aliphatic carbocycles. The molecule has 1 aromatic carbocycles. The minimum absolute atomic E-state index is 0.0456. The zero-order chi connectivity index (χ0) is 22.4.